The molecule has 4 aliphatic rings. The number of Topliss-reactive ketones (excluding diaryl/α,β-unsaturated/α-hetero) is 2. The number of carbonyl (C=O) groups is 2. The molecule has 4 aromatic rings. The van der Waals surface area contributed by atoms with Crippen LogP contribution in [0, 0.1) is 38.5 Å². The van der Waals surface area contributed by atoms with Crippen molar-refractivity contribution in [3.8, 4) is 0 Å². The lowest BCUT2D eigenvalue weighted by molar-refractivity contribution is -0.119. The summed E-state index contributed by atoms with van der Waals surface area (Å²) in [4.78, 5) is 28.2. The van der Waals surface area contributed by atoms with Crippen molar-refractivity contribution in [2.24, 2.45) is 10.8 Å². The Labute approximate surface area is 282 Å². The molecule has 8 heteroatoms. The van der Waals surface area contributed by atoms with Crippen molar-refractivity contribution < 1.29 is 9.59 Å². The SMILES string of the molecule is Cc1ccc(C2C3=C(CC(C)(C)CC3=O)Nc3nn(CC4(C)CC(=O)C5=C(C4)Nc4n[nH]c(C)c4C5c4cccc(C)c4)c(C)c32)cc1. The van der Waals surface area contributed by atoms with Gasteiger partial charge in [0.1, 0.15) is 0 Å². The maximum atomic E-state index is 14.3. The summed E-state index contributed by atoms with van der Waals surface area (Å²) < 4.78 is 2.08. The molecule has 0 amide bonds. The molecule has 48 heavy (non-hydrogen) atoms. The predicted octanol–water partition coefficient (Wildman–Crippen LogP) is 7.92. The van der Waals surface area contributed by atoms with Gasteiger partial charge in [0, 0.05) is 76.3 Å². The summed E-state index contributed by atoms with van der Waals surface area (Å²) in [5, 5.41) is 20.2. The minimum Gasteiger partial charge on any atom is -0.342 e. The van der Waals surface area contributed by atoms with Crippen LogP contribution in [0.1, 0.15) is 103 Å². The molecule has 0 spiro atoms. The summed E-state index contributed by atoms with van der Waals surface area (Å²) in [6.45, 7) is 15.4. The standard InChI is InChI=1S/C40H44N6O2/c1-21-11-13-25(14-12-21)33-32-24(4)46(45-38(32)42-27-16-39(5,6)18-29(47)35(27)33)20-40(7)17-28-36(30(48)19-40)34(26-10-8-9-22(2)15-26)31-23(3)43-44-37(31)41-28/h8-15,33-34H,16-20H2,1-7H3,(H,42,45)(H2,41,43,44). The molecule has 2 aromatic heterocycles. The summed E-state index contributed by atoms with van der Waals surface area (Å²) in [6, 6.07) is 17.0. The molecule has 0 radical (unpaired) electrons. The van der Waals surface area contributed by atoms with E-state index in [1.807, 2.05) is 6.92 Å². The van der Waals surface area contributed by atoms with Crippen LogP contribution in [-0.2, 0) is 16.1 Å². The molecular formula is C40H44N6O2. The number of H-pyrrole nitrogens is 1. The number of nitrogens with one attached hydrogen (secondary N) is 3. The molecule has 0 saturated heterocycles. The van der Waals surface area contributed by atoms with E-state index in [-0.39, 0.29) is 34.2 Å². The van der Waals surface area contributed by atoms with E-state index in [1.165, 1.54) is 11.1 Å². The fourth-order valence-corrected chi connectivity index (χ4v) is 8.82. The van der Waals surface area contributed by atoms with Crippen molar-refractivity contribution in [3.63, 3.8) is 0 Å². The number of hydrogen-bond acceptors (Lipinski definition) is 6. The number of benzene rings is 2. The molecule has 0 fully saturated rings. The third-order valence-electron chi connectivity index (χ3n) is 11.0. The molecule has 2 aliphatic carbocycles. The normalized spacial score (nSPS) is 24.4. The number of aryl methyl sites for hydroxylation is 3. The highest BCUT2D eigenvalue weighted by Gasteiger charge is 2.46. The number of nitrogens with zero attached hydrogens (tertiary/aromatic N) is 3. The zero-order valence-electron chi connectivity index (χ0n) is 29.0. The predicted molar refractivity (Wildman–Crippen MR) is 188 cm³/mol. The van der Waals surface area contributed by atoms with Crippen LogP contribution in [0.5, 0.6) is 0 Å². The van der Waals surface area contributed by atoms with Gasteiger partial charge in [0.25, 0.3) is 0 Å². The van der Waals surface area contributed by atoms with E-state index in [0.717, 1.165) is 74.2 Å². The van der Waals surface area contributed by atoms with Crippen LogP contribution in [0.2, 0.25) is 0 Å². The van der Waals surface area contributed by atoms with E-state index < -0.39 is 0 Å². The fraction of sp³-hybridized carbons (Fsp3) is 0.400. The number of anilines is 2. The van der Waals surface area contributed by atoms with Crippen LogP contribution < -0.4 is 10.6 Å². The fourth-order valence-electron chi connectivity index (χ4n) is 8.82. The number of aromatic nitrogens is 4. The van der Waals surface area contributed by atoms with Crippen LogP contribution in [0.4, 0.5) is 11.6 Å². The van der Waals surface area contributed by atoms with Crippen molar-refractivity contribution in [1.82, 2.24) is 20.0 Å². The number of aromatic amines is 1. The summed E-state index contributed by atoms with van der Waals surface area (Å²) in [5.41, 5.74) is 11.9. The lowest BCUT2D eigenvalue weighted by Gasteiger charge is -2.40. The minimum atomic E-state index is -0.382. The smallest absolute Gasteiger partial charge is 0.162 e. The summed E-state index contributed by atoms with van der Waals surface area (Å²) >= 11 is 0. The first kappa shape index (κ1) is 30.6. The molecule has 0 saturated carbocycles. The van der Waals surface area contributed by atoms with Gasteiger partial charge in [-0.1, -0.05) is 80.4 Å². The van der Waals surface area contributed by atoms with Gasteiger partial charge in [0.05, 0.1) is 0 Å². The quantitative estimate of drug-likeness (QED) is 0.209. The lowest BCUT2D eigenvalue weighted by atomic mass is 9.68. The Morgan fingerprint density at radius 1 is 0.750 bits per heavy atom. The Balaban J connectivity index is 1.18. The molecule has 2 aliphatic heterocycles. The molecule has 4 heterocycles. The topological polar surface area (TPSA) is 105 Å². The van der Waals surface area contributed by atoms with E-state index in [4.69, 9.17) is 5.10 Å². The molecule has 8 rings (SSSR count). The second-order valence-electron chi connectivity index (χ2n) is 15.9. The molecule has 8 nitrogen and oxygen atoms in total. The van der Waals surface area contributed by atoms with Crippen LogP contribution in [0.15, 0.2) is 71.1 Å². The van der Waals surface area contributed by atoms with Crippen molar-refractivity contribution in [3.05, 3.63) is 116 Å². The molecule has 0 bridgehead atoms. The molecule has 3 unspecified atom stereocenters. The van der Waals surface area contributed by atoms with Gasteiger partial charge in [-0.3, -0.25) is 19.4 Å². The highest BCUT2D eigenvalue weighted by molar-refractivity contribution is 6.02. The third-order valence-corrected chi connectivity index (χ3v) is 11.0. The van der Waals surface area contributed by atoms with Gasteiger partial charge < -0.3 is 10.6 Å². The number of hydrogen-bond donors (Lipinski definition) is 3. The summed E-state index contributed by atoms with van der Waals surface area (Å²) in [7, 11) is 0. The number of carbonyl (C=O) groups excluding carboxylic acids is 2. The van der Waals surface area contributed by atoms with Crippen LogP contribution >= 0.6 is 0 Å². The Kier molecular flexibility index (Phi) is 6.79. The molecular weight excluding hydrogens is 596 g/mol. The highest BCUT2D eigenvalue weighted by Crippen LogP contribution is 2.52. The maximum absolute atomic E-state index is 14.3. The van der Waals surface area contributed by atoms with E-state index in [1.54, 1.807) is 0 Å². The number of allylic oxidation sites excluding steroid dienone is 4. The Morgan fingerprint density at radius 3 is 2.15 bits per heavy atom. The second kappa shape index (κ2) is 10.6. The van der Waals surface area contributed by atoms with Gasteiger partial charge in [0.2, 0.25) is 0 Å². The van der Waals surface area contributed by atoms with Crippen molar-refractivity contribution in [1.29, 1.82) is 0 Å². The maximum Gasteiger partial charge on any atom is 0.162 e. The number of rotatable bonds is 4. The van der Waals surface area contributed by atoms with Gasteiger partial charge in [-0.05, 0) is 62.5 Å². The third kappa shape index (κ3) is 4.87. The van der Waals surface area contributed by atoms with Gasteiger partial charge in [0.15, 0.2) is 23.2 Å². The second-order valence-corrected chi connectivity index (χ2v) is 15.9. The first-order valence-corrected chi connectivity index (χ1v) is 17.1. The van der Waals surface area contributed by atoms with Crippen LogP contribution in [-0.4, -0.2) is 31.5 Å². The van der Waals surface area contributed by atoms with Crippen LogP contribution in [0.25, 0.3) is 0 Å². The summed E-state index contributed by atoms with van der Waals surface area (Å²) in [5.74, 6) is 1.65. The van der Waals surface area contributed by atoms with E-state index >= 15 is 0 Å². The number of ketones is 2. The molecule has 2 aromatic carbocycles. The lowest BCUT2D eigenvalue weighted by Crippen LogP contribution is -2.38. The van der Waals surface area contributed by atoms with Gasteiger partial charge in [-0.25, -0.2) is 0 Å². The van der Waals surface area contributed by atoms with E-state index in [0.29, 0.717) is 25.8 Å². The van der Waals surface area contributed by atoms with Crippen LogP contribution in [0.3, 0.4) is 0 Å². The molecule has 3 atom stereocenters. The van der Waals surface area contributed by atoms with Crippen molar-refractivity contribution in [2.75, 3.05) is 10.6 Å². The van der Waals surface area contributed by atoms with Crippen molar-refractivity contribution in [2.45, 2.75) is 92.5 Å². The monoisotopic (exact) mass is 640 g/mol. The average molecular weight is 641 g/mol. The average Bonchev–Trinajstić information content (AvgIpc) is 3.52. The number of fused-ring (bicyclic) bond motifs is 2. The Morgan fingerprint density at radius 2 is 1.42 bits per heavy atom. The van der Waals surface area contributed by atoms with Gasteiger partial charge in [-0.2, -0.15) is 10.2 Å². The van der Waals surface area contributed by atoms with Gasteiger partial charge in [-0.15, -0.1) is 0 Å². The first-order valence-electron chi connectivity index (χ1n) is 17.1. The minimum absolute atomic E-state index is 0.118. The zero-order valence-corrected chi connectivity index (χ0v) is 29.0. The molecule has 3 N–H and O–H groups in total. The zero-order chi connectivity index (χ0) is 33.7. The highest BCUT2D eigenvalue weighted by atomic mass is 16.1. The first-order chi connectivity index (χ1) is 22.8. The van der Waals surface area contributed by atoms with Gasteiger partial charge >= 0.3 is 0 Å². The summed E-state index contributed by atoms with van der Waals surface area (Å²) in [6.07, 6.45) is 2.45. The Hall–Kier alpha value is -4.72. The Bertz CT molecular complexity index is 2090. The van der Waals surface area contributed by atoms with E-state index in [9.17, 15) is 9.59 Å². The molecule has 246 valence electrons. The van der Waals surface area contributed by atoms with Crippen molar-refractivity contribution >= 4 is 23.2 Å². The van der Waals surface area contributed by atoms with E-state index in [2.05, 4.69) is 116 Å². The largest absolute Gasteiger partial charge is 0.342 e.